The lowest BCUT2D eigenvalue weighted by Crippen LogP contribution is -2.52. The Hall–Kier alpha value is -3.07. The largest absolute Gasteiger partial charge is 0.497 e. The maximum absolute atomic E-state index is 13.7. The van der Waals surface area contributed by atoms with Crippen molar-refractivity contribution in [1.29, 1.82) is 0 Å². The molecule has 2 aromatic rings. The number of sulfonamides is 1. The zero-order valence-corrected chi connectivity index (χ0v) is 23.7. The quantitative estimate of drug-likeness (QED) is 0.367. The molecule has 9 heteroatoms. The Bertz CT molecular complexity index is 1120. The minimum atomic E-state index is -3.76. The van der Waals surface area contributed by atoms with E-state index >= 15 is 0 Å². The van der Waals surface area contributed by atoms with Crippen molar-refractivity contribution in [2.45, 2.75) is 65.5 Å². The molecule has 2 rings (SSSR count). The first-order valence-corrected chi connectivity index (χ1v) is 14.6. The lowest BCUT2D eigenvalue weighted by molar-refractivity contribution is -0.140. The minimum Gasteiger partial charge on any atom is -0.497 e. The van der Waals surface area contributed by atoms with Crippen LogP contribution in [0.25, 0.3) is 0 Å². The van der Waals surface area contributed by atoms with Crippen molar-refractivity contribution in [1.82, 2.24) is 10.2 Å². The molecule has 2 aromatic carbocycles. The molecule has 0 aromatic heterocycles. The molecule has 0 heterocycles. The van der Waals surface area contributed by atoms with Gasteiger partial charge in [0.25, 0.3) is 0 Å². The molecular weight excluding hydrogens is 490 g/mol. The summed E-state index contributed by atoms with van der Waals surface area (Å²) in [4.78, 5) is 28.3. The third-order valence-electron chi connectivity index (χ3n) is 6.25. The van der Waals surface area contributed by atoms with Crippen LogP contribution >= 0.6 is 0 Å². The molecule has 37 heavy (non-hydrogen) atoms. The van der Waals surface area contributed by atoms with E-state index in [0.717, 1.165) is 34.5 Å². The molecule has 0 saturated heterocycles. The van der Waals surface area contributed by atoms with Crippen LogP contribution in [0.3, 0.4) is 0 Å². The van der Waals surface area contributed by atoms with Crippen LogP contribution in [0.1, 0.15) is 64.0 Å². The number of rotatable bonds is 14. The molecule has 2 amide bonds. The van der Waals surface area contributed by atoms with E-state index in [-0.39, 0.29) is 12.5 Å². The molecule has 0 saturated carbocycles. The molecule has 0 spiro atoms. The number of unbranched alkanes of at least 4 members (excludes halogenated alkanes) is 1. The van der Waals surface area contributed by atoms with Crippen LogP contribution in [-0.4, -0.2) is 57.6 Å². The monoisotopic (exact) mass is 531 g/mol. The van der Waals surface area contributed by atoms with Gasteiger partial charge in [0.2, 0.25) is 21.8 Å². The Morgan fingerprint density at radius 1 is 1.00 bits per heavy atom. The number of nitrogens with one attached hydrogen (secondary N) is 1. The van der Waals surface area contributed by atoms with Gasteiger partial charge in [-0.25, -0.2) is 8.42 Å². The second kappa shape index (κ2) is 14.0. The van der Waals surface area contributed by atoms with Gasteiger partial charge < -0.3 is 15.0 Å². The fourth-order valence-electron chi connectivity index (χ4n) is 3.99. The van der Waals surface area contributed by atoms with E-state index in [1.54, 1.807) is 31.4 Å². The highest BCUT2D eigenvalue weighted by Gasteiger charge is 2.31. The summed E-state index contributed by atoms with van der Waals surface area (Å²) in [6.45, 7) is 8.27. The molecule has 0 radical (unpaired) electrons. The van der Waals surface area contributed by atoms with Gasteiger partial charge in [0.15, 0.2) is 0 Å². The number of methoxy groups -OCH3 is 1. The summed E-state index contributed by atoms with van der Waals surface area (Å²) in [5.41, 5.74) is 2.28. The smallest absolute Gasteiger partial charge is 0.244 e. The average molecular weight is 532 g/mol. The van der Waals surface area contributed by atoms with E-state index < -0.39 is 28.5 Å². The first-order valence-electron chi connectivity index (χ1n) is 12.8. The molecule has 1 N–H and O–H groups in total. The standard InChI is InChI=1S/C28H41N3O5S/c1-7-9-18-29-28(33)26(8-2)30(19-22-10-16-25(36-5)17-11-22)27(32)20-31(37(6,34)35)24-14-12-23(13-15-24)21(3)4/h10-17,21,26H,7-9,18-20H2,1-6H3,(H,29,33). The van der Waals surface area contributed by atoms with Crippen LogP contribution in [0.4, 0.5) is 5.69 Å². The molecule has 8 nitrogen and oxygen atoms in total. The normalized spacial score (nSPS) is 12.2. The SMILES string of the molecule is CCCCNC(=O)C(CC)N(Cc1ccc(OC)cc1)C(=O)CN(c1ccc(C(C)C)cc1)S(C)(=O)=O. The van der Waals surface area contributed by atoms with Gasteiger partial charge in [-0.15, -0.1) is 0 Å². The Morgan fingerprint density at radius 2 is 1.62 bits per heavy atom. The van der Waals surface area contributed by atoms with Crippen molar-refractivity contribution in [2.24, 2.45) is 0 Å². The molecule has 204 valence electrons. The van der Waals surface area contributed by atoms with E-state index in [4.69, 9.17) is 4.74 Å². The summed E-state index contributed by atoms with van der Waals surface area (Å²) in [7, 11) is -2.19. The third-order valence-corrected chi connectivity index (χ3v) is 7.39. The van der Waals surface area contributed by atoms with Gasteiger partial charge in [-0.2, -0.15) is 0 Å². The van der Waals surface area contributed by atoms with Crippen molar-refractivity contribution in [2.75, 3.05) is 30.8 Å². The molecule has 0 bridgehead atoms. The number of nitrogens with zero attached hydrogens (tertiary/aromatic N) is 2. The molecule has 1 unspecified atom stereocenters. The highest BCUT2D eigenvalue weighted by molar-refractivity contribution is 7.92. The molecule has 0 aliphatic carbocycles. The van der Waals surface area contributed by atoms with Crippen LogP contribution in [0.5, 0.6) is 5.75 Å². The minimum absolute atomic E-state index is 0.159. The van der Waals surface area contributed by atoms with Gasteiger partial charge in [0, 0.05) is 13.1 Å². The van der Waals surface area contributed by atoms with Crippen molar-refractivity contribution in [3.63, 3.8) is 0 Å². The van der Waals surface area contributed by atoms with E-state index in [1.807, 2.05) is 38.1 Å². The number of benzene rings is 2. The fourth-order valence-corrected chi connectivity index (χ4v) is 4.84. The number of carbonyl (C=O) groups is 2. The van der Waals surface area contributed by atoms with Crippen molar-refractivity contribution >= 4 is 27.5 Å². The average Bonchev–Trinajstić information content (AvgIpc) is 2.87. The molecular formula is C28H41N3O5S. The van der Waals surface area contributed by atoms with E-state index in [2.05, 4.69) is 19.2 Å². The number of amides is 2. The Kier molecular flexibility index (Phi) is 11.4. The first kappa shape index (κ1) is 30.2. The summed E-state index contributed by atoms with van der Waals surface area (Å²) in [5, 5.41) is 2.92. The lowest BCUT2D eigenvalue weighted by atomic mass is 10.0. The summed E-state index contributed by atoms with van der Waals surface area (Å²) in [5.74, 6) is 0.273. The maximum Gasteiger partial charge on any atom is 0.244 e. The Labute approximate surface area is 222 Å². The predicted molar refractivity (Wildman–Crippen MR) is 148 cm³/mol. The van der Waals surface area contributed by atoms with Gasteiger partial charge >= 0.3 is 0 Å². The van der Waals surface area contributed by atoms with Gasteiger partial charge in [-0.3, -0.25) is 13.9 Å². The molecule has 0 aliphatic heterocycles. The summed E-state index contributed by atoms with van der Waals surface area (Å²) in [6, 6.07) is 13.7. The highest BCUT2D eigenvalue weighted by Crippen LogP contribution is 2.23. The van der Waals surface area contributed by atoms with Gasteiger partial charge in [-0.05, 0) is 54.2 Å². The number of hydrogen-bond acceptors (Lipinski definition) is 5. The summed E-state index contributed by atoms with van der Waals surface area (Å²) >= 11 is 0. The van der Waals surface area contributed by atoms with Gasteiger partial charge in [0.1, 0.15) is 18.3 Å². The van der Waals surface area contributed by atoms with E-state index in [1.165, 1.54) is 4.90 Å². The van der Waals surface area contributed by atoms with Crippen LogP contribution in [0, 0.1) is 0 Å². The van der Waals surface area contributed by atoms with Crippen LogP contribution in [0.2, 0.25) is 0 Å². The second-order valence-electron chi connectivity index (χ2n) is 9.45. The van der Waals surface area contributed by atoms with Crippen LogP contribution < -0.4 is 14.4 Å². The van der Waals surface area contributed by atoms with E-state index in [9.17, 15) is 18.0 Å². The molecule has 0 aliphatic rings. The number of hydrogen-bond donors (Lipinski definition) is 1. The number of carbonyl (C=O) groups excluding carboxylic acids is 2. The van der Waals surface area contributed by atoms with E-state index in [0.29, 0.717) is 30.3 Å². The molecule has 1 atom stereocenters. The summed E-state index contributed by atoms with van der Waals surface area (Å²) < 4.78 is 31.8. The van der Waals surface area contributed by atoms with Crippen molar-refractivity contribution in [3.05, 3.63) is 59.7 Å². The van der Waals surface area contributed by atoms with Gasteiger partial charge in [0.05, 0.1) is 19.1 Å². The van der Waals surface area contributed by atoms with Crippen molar-refractivity contribution < 1.29 is 22.7 Å². The Balaban J connectivity index is 2.40. The van der Waals surface area contributed by atoms with Crippen LogP contribution in [-0.2, 0) is 26.2 Å². The Morgan fingerprint density at radius 3 is 2.11 bits per heavy atom. The first-order chi connectivity index (χ1) is 17.5. The third kappa shape index (κ3) is 8.77. The van der Waals surface area contributed by atoms with Crippen LogP contribution in [0.15, 0.2) is 48.5 Å². The lowest BCUT2D eigenvalue weighted by Gasteiger charge is -2.33. The number of ether oxygens (including phenoxy) is 1. The van der Waals surface area contributed by atoms with Gasteiger partial charge in [-0.1, -0.05) is 58.4 Å². The zero-order chi connectivity index (χ0) is 27.6. The molecule has 0 fully saturated rings. The number of anilines is 1. The maximum atomic E-state index is 13.7. The predicted octanol–water partition coefficient (Wildman–Crippen LogP) is 4.31. The zero-order valence-electron chi connectivity index (χ0n) is 22.9. The topological polar surface area (TPSA) is 96.0 Å². The second-order valence-corrected chi connectivity index (χ2v) is 11.4. The van der Waals surface area contributed by atoms with Crippen molar-refractivity contribution in [3.8, 4) is 5.75 Å². The fraction of sp³-hybridized carbons (Fsp3) is 0.500. The highest BCUT2D eigenvalue weighted by atomic mass is 32.2. The summed E-state index contributed by atoms with van der Waals surface area (Å²) in [6.07, 6.45) is 3.24.